The van der Waals surface area contributed by atoms with E-state index in [2.05, 4.69) is 15.2 Å². The lowest BCUT2D eigenvalue weighted by Gasteiger charge is -2.28. The van der Waals surface area contributed by atoms with Crippen LogP contribution in [-0.2, 0) is 0 Å². The Labute approximate surface area is 122 Å². The van der Waals surface area contributed by atoms with Crippen LogP contribution in [0.3, 0.4) is 0 Å². The first-order valence-corrected chi connectivity index (χ1v) is 7.67. The average Bonchev–Trinajstić information content (AvgIpc) is 2.79. The summed E-state index contributed by atoms with van der Waals surface area (Å²) in [4.78, 5) is 6.64. The first-order valence-electron chi connectivity index (χ1n) is 6.86. The SMILES string of the molecule is Cc1nc2cc(O[C@H](O)CN3CCNCC3)ccc2s1. The lowest BCUT2D eigenvalue weighted by molar-refractivity contribution is -0.0425. The van der Waals surface area contributed by atoms with Crippen molar-refractivity contribution in [3.63, 3.8) is 0 Å². The van der Waals surface area contributed by atoms with Gasteiger partial charge in [0.25, 0.3) is 0 Å². The standard InChI is InChI=1S/C14H19N3O2S/c1-10-16-12-8-11(2-3-13(12)20-10)19-14(18)9-17-6-4-15-5-7-17/h2-3,8,14-15,18H,4-7,9H2,1H3/t14-/m0/s1. The number of hydrogen-bond acceptors (Lipinski definition) is 6. The molecule has 0 radical (unpaired) electrons. The molecular weight excluding hydrogens is 274 g/mol. The molecule has 0 unspecified atom stereocenters. The molecule has 6 heteroatoms. The van der Waals surface area contributed by atoms with Crippen molar-refractivity contribution < 1.29 is 9.84 Å². The van der Waals surface area contributed by atoms with Gasteiger partial charge in [-0.15, -0.1) is 11.3 Å². The molecule has 1 fully saturated rings. The van der Waals surface area contributed by atoms with E-state index in [4.69, 9.17) is 4.74 Å². The molecule has 0 spiro atoms. The molecule has 2 N–H and O–H groups in total. The molecule has 0 aliphatic carbocycles. The highest BCUT2D eigenvalue weighted by atomic mass is 32.1. The van der Waals surface area contributed by atoms with Crippen molar-refractivity contribution in [3.05, 3.63) is 23.2 Å². The van der Waals surface area contributed by atoms with E-state index in [1.54, 1.807) is 11.3 Å². The van der Waals surface area contributed by atoms with Crippen LogP contribution in [0.1, 0.15) is 5.01 Å². The maximum absolute atomic E-state index is 10.0. The molecule has 0 amide bonds. The van der Waals surface area contributed by atoms with Gasteiger partial charge in [-0.1, -0.05) is 0 Å². The zero-order chi connectivity index (χ0) is 13.9. The third-order valence-electron chi connectivity index (χ3n) is 3.36. The van der Waals surface area contributed by atoms with Crippen molar-refractivity contribution >= 4 is 21.6 Å². The number of thiazole rings is 1. The summed E-state index contributed by atoms with van der Waals surface area (Å²) in [6.07, 6.45) is -0.801. The molecule has 3 rings (SSSR count). The highest BCUT2D eigenvalue weighted by Gasteiger charge is 2.15. The van der Waals surface area contributed by atoms with Crippen LogP contribution in [0.2, 0.25) is 0 Å². The van der Waals surface area contributed by atoms with Crippen LogP contribution in [0.5, 0.6) is 5.75 Å². The number of β-amino-alcohol motifs (C(OH)–C–C–N with tert-alkyl or cyclic N) is 1. The third kappa shape index (κ3) is 3.27. The van der Waals surface area contributed by atoms with Crippen LogP contribution < -0.4 is 10.1 Å². The van der Waals surface area contributed by atoms with Gasteiger partial charge in [0.1, 0.15) is 5.75 Å². The molecule has 0 saturated carbocycles. The quantitative estimate of drug-likeness (QED) is 0.830. The Morgan fingerprint density at radius 1 is 1.45 bits per heavy atom. The van der Waals surface area contributed by atoms with Crippen molar-refractivity contribution in [2.24, 2.45) is 0 Å². The van der Waals surface area contributed by atoms with Crippen molar-refractivity contribution in [2.75, 3.05) is 32.7 Å². The minimum Gasteiger partial charge on any atom is -0.464 e. The van der Waals surface area contributed by atoms with Gasteiger partial charge >= 0.3 is 0 Å². The minimum atomic E-state index is -0.801. The maximum Gasteiger partial charge on any atom is 0.210 e. The Kier molecular flexibility index (Phi) is 4.16. The zero-order valence-electron chi connectivity index (χ0n) is 11.5. The van der Waals surface area contributed by atoms with Crippen molar-refractivity contribution in [1.82, 2.24) is 15.2 Å². The Morgan fingerprint density at radius 3 is 3.05 bits per heavy atom. The van der Waals surface area contributed by atoms with Crippen LogP contribution in [0.4, 0.5) is 0 Å². The summed E-state index contributed by atoms with van der Waals surface area (Å²) in [5, 5.41) is 14.4. The van der Waals surface area contributed by atoms with Gasteiger partial charge in [0.05, 0.1) is 21.8 Å². The smallest absolute Gasteiger partial charge is 0.210 e. The molecule has 1 aliphatic rings. The number of rotatable bonds is 4. The Balaban J connectivity index is 1.62. The van der Waals surface area contributed by atoms with Crippen molar-refractivity contribution in [1.29, 1.82) is 0 Å². The molecule has 1 saturated heterocycles. The van der Waals surface area contributed by atoms with E-state index in [0.29, 0.717) is 12.3 Å². The summed E-state index contributed by atoms with van der Waals surface area (Å²) in [6.45, 7) is 6.36. The number of piperazine rings is 1. The first kappa shape index (κ1) is 13.8. The van der Waals surface area contributed by atoms with Crippen LogP contribution in [0.25, 0.3) is 10.2 Å². The minimum absolute atomic E-state index is 0.538. The van der Waals surface area contributed by atoms with Gasteiger partial charge in [-0.05, 0) is 19.1 Å². The number of benzene rings is 1. The van der Waals surface area contributed by atoms with Crippen LogP contribution >= 0.6 is 11.3 Å². The Morgan fingerprint density at radius 2 is 2.25 bits per heavy atom. The van der Waals surface area contributed by atoms with E-state index in [0.717, 1.165) is 41.4 Å². The number of aromatic nitrogens is 1. The number of aryl methyl sites for hydroxylation is 1. The van der Waals surface area contributed by atoms with Crippen molar-refractivity contribution in [2.45, 2.75) is 13.2 Å². The molecule has 2 aromatic rings. The highest BCUT2D eigenvalue weighted by Crippen LogP contribution is 2.25. The van der Waals surface area contributed by atoms with Gasteiger partial charge in [-0.3, -0.25) is 4.90 Å². The zero-order valence-corrected chi connectivity index (χ0v) is 12.3. The van der Waals surface area contributed by atoms with Crippen molar-refractivity contribution in [3.8, 4) is 5.75 Å². The summed E-state index contributed by atoms with van der Waals surface area (Å²) in [6, 6.07) is 5.77. The molecule has 1 atom stereocenters. The second-order valence-corrected chi connectivity index (χ2v) is 6.22. The highest BCUT2D eigenvalue weighted by molar-refractivity contribution is 7.18. The van der Waals surface area contributed by atoms with E-state index in [1.165, 1.54) is 0 Å². The largest absolute Gasteiger partial charge is 0.464 e. The van der Waals surface area contributed by atoms with Crippen LogP contribution in [-0.4, -0.2) is 54.0 Å². The molecular formula is C14H19N3O2S. The molecule has 1 aromatic heterocycles. The van der Waals surface area contributed by atoms with E-state index in [9.17, 15) is 5.11 Å². The topological polar surface area (TPSA) is 57.6 Å². The average molecular weight is 293 g/mol. The normalized spacial score (nSPS) is 18.3. The van der Waals surface area contributed by atoms with E-state index in [-0.39, 0.29) is 0 Å². The number of fused-ring (bicyclic) bond motifs is 1. The van der Waals surface area contributed by atoms with Gasteiger partial charge < -0.3 is 15.2 Å². The number of ether oxygens (including phenoxy) is 1. The first-order chi connectivity index (χ1) is 9.70. The molecule has 0 bridgehead atoms. The summed E-state index contributed by atoms with van der Waals surface area (Å²) in [5.41, 5.74) is 0.930. The van der Waals surface area contributed by atoms with E-state index < -0.39 is 6.29 Å². The second kappa shape index (κ2) is 6.05. The third-order valence-corrected chi connectivity index (χ3v) is 4.31. The maximum atomic E-state index is 10.0. The van der Waals surface area contributed by atoms with Gasteiger partial charge in [0.15, 0.2) is 0 Å². The second-order valence-electron chi connectivity index (χ2n) is 4.99. The summed E-state index contributed by atoms with van der Waals surface area (Å²) in [5.74, 6) is 0.672. The van der Waals surface area contributed by atoms with E-state index >= 15 is 0 Å². The van der Waals surface area contributed by atoms with Crippen LogP contribution in [0, 0.1) is 6.92 Å². The molecule has 1 aromatic carbocycles. The Bertz CT molecular complexity index is 581. The monoisotopic (exact) mass is 293 g/mol. The summed E-state index contributed by atoms with van der Waals surface area (Å²) in [7, 11) is 0. The van der Waals surface area contributed by atoms with Gasteiger partial charge in [-0.25, -0.2) is 4.98 Å². The Hall–Kier alpha value is -1.21. The number of hydrogen-bond donors (Lipinski definition) is 2. The predicted octanol–water partition coefficient (Wildman–Crippen LogP) is 1.21. The fourth-order valence-corrected chi connectivity index (χ4v) is 3.21. The number of nitrogens with zero attached hydrogens (tertiary/aromatic N) is 2. The predicted molar refractivity (Wildman–Crippen MR) is 80.3 cm³/mol. The van der Waals surface area contributed by atoms with Gasteiger partial charge in [-0.2, -0.15) is 0 Å². The number of aliphatic hydroxyl groups is 1. The number of nitrogens with one attached hydrogen (secondary N) is 1. The molecule has 2 heterocycles. The molecule has 20 heavy (non-hydrogen) atoms. The van der Waals surface area contributed by atoms with E-state index in [1.807, 2.05) is 25.1 Å². The molecule has 5 nitrogen and oxygen atoms in total. The summed E-state index contributed by atoms with van der Waals surface area (Å²) < 4.78 is 6.74. The van der Waals surface area contributed by atoms with Gasteiger partial charge in [0.2, 0.25) is 6.29 Å². The molecule has 108 valence electrons. The fourth-order valence-electron chi connectivity index (χ4n) is 2.40. The lowest BCUT2D eigenvalue weighted by Crippen LogP contribution is -2.47. The lowest BCUT2D eigenvalue weighted by atomic mass is 10.3. The fraction of sp³-hybridized carbons (Fsp3) is 0.500. The molecule has 1 aliphatic heterocycles. The van der Waals surface area contributed by atoms with Gasteiger partial charge in [0, 0.05) is 32.2 Å². The summed E-state index contributed by atoms with van der Waals surface area (Å²) >= 11 is 1.66. The van der Waals surface area contributed by atoms with Crippen LogP contribution in [0.15, 0.2) is 18.2 Å². The number of aliphatic hydroxyl groups excluding tert-OH is 1.